The Balaban J connectivity index is 1.76. The highest BCUT2D eigenvalue weighted by molar-refractivity contribution is 6.54. The summed E-state index contributed by atoms with van der Waals surface area (Å²) in [4.78, 5) is 12.9. The molecule has 2 aliphatic rings. The van der Waals surface area contributed by atoms with Crippen molar-refractivity contribution >= 4 is 13.1 Å². The minimum atomic E-state index is -0.755. The third kappa shape index (κ3) is 4.28. The van der Waals surface area contributed by atoms with Crippen molar-refractivity contribution in [3.8, 4) is 5.88 Å². The molecular formula is C21H34BN3O5. The van der Waals surface area contributed by atoms with Crippen LogP contribution >= 0.6 is 0 Å². The van der Waals surface area contributed by atoms with Crippen LogP contribution in [-0.4, -0.2) is 52.5 Å². The van der Waals surface area contributed by atoms with Crippen LogP contribution in [0.5, 0.6) is 5.88 Å². The van der Waals surface area contributed by atoms with Crippen molar-refractivity contribution in [1.82, 2.24) is 15.0 Å². The van der Waals surface area contributed by atoms with Gasteiger partial charge in [-0.15, -0.1) is 5.10 Å². The minimum Gasteiger partial charge on any atom is -0.475 e. The van der Waals surface area contributed by atoms with Gasteiger partial charge in [-0.1, -0.05) is 11.3 Å². The van der Waals surface area contributed by atoms with Crippen LogP contribution in [-0.2, 0) is 18.8 Å². The van der Waals surface area contributed by atoms with Gasteiger partial charge in [-0.2, -0.15) is 0 Å². The van der Waals surface area contributed by atoms with Crippen LogP contribution < -0.4 is 4.74 Å². The standard InChI is InChI=1S/C21H34BN3O5/c1-8-27-18(26)21(14-28-17-13-23-24-25(17)15(2)3)11-9-16(10-12-21)22-29-19(4,5)20(6,7)30-22/h9,13,15H,8,10-12,14H2,1-7H3. The number of carbonyl (C=O) groups is 1. The molecule has 1 fully saturated rings. The van der Waals surface area contributed by atoms with Crippen LogP contribution in [0, 0.1) is 5.41 Å². The lowest BCUT2D eigenvalue weighted by atomic mass is 9.66. The third-order valence-electron chi connectivity index (χ3n) is 6.44. The third-order valence-corrected chi connectivity index (χ3v) is 6.44. The molecule has 1 saturated heterocycles. The number of hydrogen-bond acceptors (Lipinski definition) is 7. The fourth-order valence-corrected chi connectivity index (χ4v) is 3.69. The molecule has 3 rings (SSSR count). The molecule has 1 atom stereocenters. The van der Waals surface area contributed by atoms with Crippen LogP contribution in [0.4, 0.5) is 0 Å². The first-order chi connectivity index (χ1) is 14.0. The molecule has 0 radical (unpaired) electrons. The van der Waals surface area contributed by atoms with E-state index in [-0.39, 0.29) is 36.9 Å². The van der Waals surface area contributed by atoms with Gasteiger partial charge in [0.2, 0.25) is 5.88 Å². The Labute approximate surface area is 179 Å². The van der Waals surface area contributed by atoms with Crippen molar-refractivity contribution in [2.45, 2.75) is 85.0 Å². The first kappa shape index (κ1) is 22.8. The van der Waals surface area contributed by atoms with Gasteiger partial charge in [0.15, 0.2) is 0 Å². The summed E-state index contributed by atoms with van der Waals surface area (Å²) in [5.74, 6) is 0.312. The zero-order valence-corrected chi connectivity index (χ0v) is 19.2. The van der Waals surface area contributed by atoms with Crippen LogP contribution in [0.3, 0.4) is 0 Å². The maximum absolute atomic E-state index is 12.9. The summed E-state index contributed by atoms with van der Waals surface area (Å²) >= 11 is 0. The predicted octanol–water partition coefficient (Wildman–Crippen LogP) is 3.53. The number of carbonyl (C=O) groups excluding carboxylic acids is 1. The highest BCUT2D eigenvalue weighted by Gasteiger charge is 2.53. The second-order valence-corrected chi connectivity index (χ2v) is 9.47. The molecule has 1 aromatic heterocycles. The molecule has 2 heterocycles. The van der Waals surface area contributed by atoms with Crippen molar-refractivity contribution in [3.63, 3.8) is 0 Å². The average molecular weight is 419 g/mol. The van der Waals surface area contributed by atoms with E-state index in [1.807, 2.05) is 48.5 Å². The SMILES string of the molecule is CCOC(=O)C1(COc2cnnn2C(C)C)CC=C(B2OC(C)(C)C(C)(C)O2)CC1. The van der Waals surface area contributed by atoms with Gasteiger partial charge in [-0.05, 0) is 73.2 Å². The van der Waals surface area contributed by atoms with Gasteiger partial charge < -0.3 is 18.8 Å². The van der Waals surface area contributed by atoms with E-state index in [9.17, 15) is 4.79 Å². The second-order valence-electron chi connectivity index (χ2n) is 9.47. The Morgan fingerprint density at radius 1 is 1.27 bits per heavy atom. The van der Waals surface area contributed by atoms with Gasteiger partial charge >= 0.3 is 13.1 Å². The zero-order valence-electron chi connectivity index (χ0n) is 19.2. The van der Waals surface area contributed by atoms with E-state index in [1.165, 1.54) is 0 Å². The van der Waals surface area contributed by atoms with Crippen LogP contribution in [0.1, 0.15) is 73.8 Å². The molecule has 30 heavy (non-hydrogen) atoms. The molecule has 0 spiro atoms. The lowest BCUT2D eigenvalue weighted by Gasteiger charge is -2.34. The Morgan fingerprint density at radius 2 is 1.93 bits per heavy atom. The Morgan fingerprint density at radius 3 is 2.47 bits per heavy atom. The molecule has 9 heteroatoms. The number of aromatic nitrogens is 3. The van der Waals surface area contributed by atoms with Gasteiger partial charge in [-0.25, -0.2) is 4.68 Å². The van der Waals surface area contributed by atoms with Gasteiger partial charge in [0.05, 0.1) is 23.9 Å². The largest absolute Gasteiger partial charge is 0.490 e. The van der Waals surface area contributed by atoms with Gasteiger partial charge in [-0.3, -0.25) is 4.79 Å². The number of esters is 1. The summed E-state index contributed by atoms with van der Waals surface area (Å²) in [5.41, 5.74) is -0.462. The summed E-state index contributed by atoms with van der Waals surface area (Å²) in [6, 6.07) is 0.113. The van der Waals surface area contributed by atoms with Crippen LogP contribution in [0.15, 0.2) is 17.7 Å². The number of ether oxygens (including phenoxy) is 2. The van der Waals surface area contributed by atoms with Crippen molar-refractivity contribution in [2.75, 3.05) is 13.2 Å². The Hall–Kier alpha value is -1.87. The van der Waals surface area contributed by atoms with Gasteiger partial charge in [0.25, 0.3) is 0 Å². The summed E-state index contributed by atoms with van der Waals surface area (Å²) < 4.78 is 25.5. The van der Waals surface area contributed by atoms with E-state index in [0.717, 1.165) is 5.47 Å². The summed E-state index contributed by atoms with van der Waals surface area (Å²) in [7, 11) is -0.386. The predicted molar refractivity (Wildman–Crippen MR) is 113 cm³/mol. The fourth-order valence-electron chi connectivity index (χ4n) is 3.69. The maximum atomic E-state index is 12.9. The van der Waals surface area contributed by atoms with Crippen LogP contribution in [0.2, 0.25) is 0 Å². The van der Waals surface area contributed by atoms with E-state index in [1.54, 1.807) is 10.9 Å². The van der Waals surface area contributed by atoms with E-state index in [4.69, 9.17) is 18.8 Å². The van der Waals surface area contributed by atoms with Crippen molar-refractivity contribution in [3.05, 3.63) is 17.7 Å². The van der Waals surface area contributed by atoms with Crippen molar-refractivity contribution in [1.29, 1.82) is 0 Å². The van der Waals surface area contributed by atoms with E-state index in [2.05, 4.69) is 16.4 Å². The number of nitrogens with zero attached hydrogens (tertiary/aromatic N) is 3. The molecule has 0 amide bonds. The molecule has 1 aliphatic heterocycles. The highest BCUT2D eigenvalue weighted by Crippen LogP contribution is 2.43. The normalized spacial score (nSPS) is 25.3. The molecule has 1 aromatic rings. The van der Waals surface area contributed by atoms with E-state index in [0.29, 0.717) is 31.7 Å². The van der Waals surface area contributed by atoms with Crippen molar-refractivity contribution in [2.24, 2.45) is 5.41 Å². The Bertz CT molecular complexity index is 788. The molecule has 0 saturated carbocycles. The zero-order chi connectivity index (χ0) is 22.2. The molecule has 8 nitrogen and oxygen atoms in total. The van der Waals surface area contributed by atoms with Gasteiger partial charge in [0, 0.05) is 0 Å². The molecule has 1 aliphatic carbocycles. The average Bonchev–Trinajstić information content (AvgIpc) is 3.22. The van der Waals surface area contributed by atoms with E-state index >= 15 is 0 Å². The quantitative estimate of drug-likeness (QED) is 0.494. The molecular weight excluding hydrogens is 385 g/mol. The lowest BCUT2D eigenvalue weighted by Crippen LogP contribution is -2.41. The minimum absolute atomic E-state index is 0.113. The molecule has 166 valence electrons. The first-order valence-corrected chi connectivity index (χ1v) is 10.8. The summed E-state index contributed by atoms with van der Waals surface area (Å²) in [6.07, 6.45) is 5.43. The molecule has 1 unspecified atom stereocenters. The fraction of sp³-hybridized carbons (Fsp3) is 0.762. The van der Waals surface area contributed by atoms with Gasteiger partial charge in [0.1, 0.15) is 18.2 Å². The lowest BCUT2D eigenvalue weighted by molar-refractivity contribution is -0.158. The first-order valence-electron chi connectivity index (χ1n) is 10.8. The maximum Gasteiger partial charge on any atom is 0.490 e. The smallest absolute Gasteiger partial charge is 0.475 e. The number of rotatable bonds is 7. The van der Waals surface area contributed by atoms with Crippen molar-refractivity contribution < 1.29 is 23.6 Å². The molecule has 0 bridgehead atoms. The Kier molecular flexibility index (Phi) is 6.34. The monoisotopic (exact) mass is 419 g/mol. The molecule has 0 N–H and O–H groups in total. The number of allylic oxidation sites excluding steroid dienone is 2. The van der Waals surface area contributed by atoms with Crippen LogP contribution in [0.25, 0.3) is 0 Å². The highest BCUT2D eigenvalue weighted by atomic mass is 16.7. The summed E-state index contributed by atoms with van der Waals surface area (Å²) in [6.45, 7) is 14.5. The molecule has 0 aromatic carbocycles. The van der Waals surface area contributed by atoms with E-state index < -0.39 is 5.41 Å². The topological polar surface area (TPSA) is 84.7 Å². The summed E-state index contributed by atoms with van der Waals surface area (Å²) in [5, 5.41) is 7.98. The number of hydrogen-bond donors (Lipinski definition) is 0. The second kappa shape index (κ2) is 8.34.